The fourth-order valence-corrected chi connectivity index (χ4v) is 2.92. The number of methoxy groups -OCH3 is 1. The van der Waals surface area contributed by atoms with Crippen LogP contribution in [-0.4, -0.2) is 42.5 Å². The first-order valence-electron chi connectivity index (χ1n) is 7.27. The number of benzene rings is 1. The lowest BCUT2D eigenvalue weighted by atomic mass is 10.2. The molecule has 0 bridgehead atoms. The summed E-state index contributed by atoms with van der Waals surface area (Å²) in [7, 11) is 3.31. The number of ether oxygens (including phenoxy) is 3. The molecule has 0 aliphatic heterocycles. The fraction of sp³-hybridized carbons (Fsp3) is 0.467. The smallest absolute Gasteiger partial charge is 0.387 e. The maximum Gasteiger partial charge on any atom is 0.387 e. The lowest BCUT2D eigenvalue weighted by molar-refractivity contribution is -0.0512. The van der Waals surface area contributed by atoms with Crippen LogP contribution in [0, 0.1) is 0 Å². The topological polar surface area (TPSA) is 56.7 Å². The summed E-state index contributed by atoms with van der Waals surface area (Å²) in [5.74, 6) is 0.292. The minimum Gasteiger partial charge on any atom is -0.493 e. The summed E-state index contributed by atoms with van der Waals surface area (Å²) < 4.78 is 39.7. The third kappa shape index (κ3) is 5.27. The van der Waals surface area contributed by atoms with E-state index in [2.05, 4.69) is 14.9 Å². The molecule has 0 unspecified atom stereocenters. The van der Waals surface area contributed by atoms with Gasteiger partial charge >= 0.3 is 6.61 Å². The molecule has 6 nitrogen and oxygen atoms in total. The molecule has 0 saturated carbocycles. The molecule has 0 aliphatic carbocycles. The van der Waals surface area contributed by atoms with Gasteiger partial charge < -0.3 is 14.2 Å². The van der Waals surface area contributed by atoms with Gasteiger partial charge in [0.2, 0.25) is 0 Å². The molecule has 1 aromatic carbocycles. The zero-order valence-electron chi connectivity index (χ0n) is 13.7. The van der Waals surface area contributed by atoms with Crippen LogP contribution in [0.15, 0.2) is 18.2 Å². The van der Waals surface area contributed by atoms with Crippen molar-refractivity contribution in [2.75, 3.05) is 20.8 Å². The Balaban J connectivity index is 2.00. The van der Waals surface area contributed by atoms with Gasteiger partial charge in [0.25, 0.3) is 5.19 Å². The van der Waals surface area contributed by atoms with E-state index >= 15 is 0 Å². The first-order valence-corrected chi connectivity index (χ1v) is 8.09. The highest BCUT2D eigenvalue weighted by Crippen LogP contribution is 2.30. The summed E-state index contributed by atoms with van der Waals surface area (Å²) in [6.07, 6.45) is 0. The van der Waals surface area contributed by atoms with Gasteiger partial charge in [0.1, 0.15) is 5.01 Å². The van der Waals surface area contributed by atoms with Crippen LogP contribution in [0.3, 0.4) is 0 Å². The molecule has 0 radical (unpaired) electrons. The standard InChI is InChI=1S/C15H19F2N3O3S/c1-4-22-15-19-18-13(24-15)9-20(2)8-10-5-6-11(21-3)12(7-10)23-14(16)17/h5-7,14H,4,8-9H2,1-3H3. The number of rotatable bonds is 9. The SMILES string of the molecule is CCOc1nnc(CN(C)Cc2ccc(OC)c(OC(F)F)c2)s1. The van der Waals surface area contributed by atoms with Crippen LogP contribution < -0.4 is 14.2 Å². The van der Waals surface area contributed by atoms with Gasteiger partial charge in [0.15, 0.2) is 11.5 Å². The van der Waals surface area contributed by atoms with Crippen molar-refractivity contribution in [3.8, 4) is 16.7 Å². The Morgan fingerprint density at radius 3 is 2.67 bits per heavy atom. The second-order valence-corrected chi connectivity index (χ2v) is 5.96. The van der Waals surface area contributed by atoms with Crippen LogP contribution in [0.5, 0.6) is 16.7 Å². The van der Waals surface area contributed by atoms with E-state index in [4.69, 9.17) is 9.47 Å². The van der Waals surface area contributed by atoms with E-state index in [0.717, 1.165) is 10.6 Å². The molecule has 2 aromatic rings. The van der Waals surface area contributed by atoms with Crippen LogP contribution in [-0.2, 0) is 13.1 Å². The molecule has 1 heterocycles. The van der Waals surface area contributed by atoms with Crippen LogP contribution in [0.25, 0.3) is 0 Å². The number of nitrogens with zero attached hydrogens (tertiary/aromatic N) is 3. The molecular weight excluding hydrogens is 340 g/mol. The molecule has 24 heavy (non-hydrogen) atoms. The molecule has 132 valence electrons. The largest absolute Gasteiger partial charge is 0.493 e. The van der Waals surface area contributed by atoms with Crippen molar-refractivity contribution < 1.29 is 23.0 Å². The second-order valence-electron chi connectivity index (χ2n) is 4.93. The van der Waals surface area contributed by atoms with E-state index in [1.165, 1.54) is 18.4 Å². The summed E-state index contributed by atoms with van der Waals surface area (Å²) in [6, 6.07) is 4.96. The first-order chi connectivity index (χ1) is 11.5. The molecule has 0 amide bonds. The zero-order valence-corrected chi connectivity index (χ0v) is 14.5. The summed E-state index contributed by atoms with van der Waals surface area (Å²) >= 11 is 1.38. The van der Waals surface area contributed by atoms with Crippen molar-refractivity contribution in [3.63, 3.8) is 0 Å². The van der Waals surface area contributed by atoms with Crippen molar-refractivity contribution in [3.05, 3.63) is 28.8 Å². The predicted molar refractivity (Wildman–Crippen MR) is 85.9 cm³/mol. The molecule has 0 atom stereocenters. The maximum absolute atomic E-state index is 12.5. The Kier molecular flexibility index (Phi) is 6.68. The van der Waals surface area contributed by atoms with Gasteiger partial charge in [-0.3, -0.25) is 4.90 Å². The minimum absolute atomic E-state index is 0.0212. The molecule has 2 rings (SSSR count). The molecule has 0 saturated heterocycles. The van der Waals surface area contributed by atoms with Gasteiger partial charge in [-0.15, -0.1) is 10.2 Å². The van der Waals surface area contributed by atoms with Gasteiger partial charge in [-0.25, -0.2) is 0 Å². The molecule has 0 aliphatic rings. The normalized spacial score (nSPS) is 11.1. The highest BCUT2D eigenvalue weighted by Gasteiger charge is 2.13. The van der Waals surface area contributed by atoms with E-state index in [1.807, 2.05) is 18.9 Å². The Morgan fingerprint density at radius 2 is 2.00 bits per heavy atom. The number of halogens is 2. The Bertz CT molecular complexity index is 655. The third-order valence-corrected chi connectivity index (χ3v) is 3.84. The quantitative estimate of drug-likeness (QED) is 0.685. The van der Waals surface area contributed by atoms with E-state index in [-0.39, 0.29) is 11.5 Å². The number of aromatic nitrogens is 2. The minimum atomic E-state index is -2.90. The Labute approximate surface area is 143 Å². The van der Waals surface area contributed by atoms with Crippen molar-refractivity contribution >= 4 is 11.3 Å². The van der Waals surface area contributed by atoms with Crippen molar-refractivity contribution in [1.29, 1.82) is 0 Å². The third-order valence-electron chi connectivity index (χ3n) is 3.02. The molecule has 1 aromatic heterocycles. The van der Waals surface area contributed by atoms with E-state index in [1.54, 1.807) is 18.2 Å². The lowest BCUT2D eigenvalue weighted by Crippen LogP contribution is -2.17. The summed E-state index contributed by atoms with van der Waals surface area (Å²) in [6.45, 7) is 0.638. The Morgan fingerprint density at radius 1 is 1.21 bits per heavy atom. The summed E-state index contributed by atoms with van der Waals surface area (Å²) in [5, 5.41) is 9.35. The van der Waals surface area contributed by atoms with Gasteiger partial charge in [-0.2, -0.15) is 8.78 Å². The highest BCUT2D eigenvalue weighted by molar-refractivity contribution is 7.13. The van der Waals surface area contributed by atoms with Crippen LogP contribution in [0.4, 0.5) is 8.78 Å². The molecule has 0 spiro atoms. The second kappa shape index (κ2) is 8.74. The fourth-order valence-electron chi connectivity index (χ4n) is 2.09. The lowest BCUT2D eigenvalue weighted by Gasteiger charge is -2.16. The zero-order chi connectivity index (χ0) is 17.5. The van der Waals surface area contributed by atoms with Crippen molar-refractivity contribution in [1.82, 2.24) is 15.1 Å². The number of alkyl halides is 2. The van der Waals surface area contributed by atoms with E-state index in [9.17, 15) is 8.78 Å². The molecule has 9 heteroatoms. The molecule has 0 N–H and O–H groups in total. The number of hydrogen-bond donors (Lipinski definition) is 0. The Hall–Kier alpha value is -2.00. The van der Waals surface area contributed by atoms with Gasteiger partial charge in [0, 0.05) is 6.54 Å². The van der Waals surface area contributed by atoms with Gasteiger partial charge in [-0.1, -0.05) is 17.4 Å². The summed E-state index contributed by atoms with van der Waals surface area (Å²) in [4.78, 5) is 1.99. The monoisotopic (exact) mass is 359 g/mol. The summed E-state index contributed by atoms with van der Waals surface area (Å²) in [5.41, 5.74) is 0.823. The average molecular weight is 359 g/mol. The molecular formula is C15H19F2N3O3S. The van der Waals surface area contributed by atoms with Gasteiger partial charge in [0.05, 0.1) is 20.3 Å². The first kappa shape index (κ1) is 18.3. The van der Waals surface area contributed by atoms with Crippen LogP contribution >= 0.6 is 11.3 Å². The predicted octanol–water partition coefficient (Wildman–Crippen LogP) is 3.18. The van der Waals surface area contributed by atoms with Crippen molar-refractivity contribution in [2.45, 2.75) is 26.6 Å². The molecule has 0 fully saturated rings. The average Bonchev–Trinajstić information content (AvgIpc) is 2.94. The highest BCUT2D eigenvalue weighted by atomic mass is 32.1. The van der Waals surface area contributed by atoms with E-state index < -0.39 is 6.61 Å². The van der Waals surface area contributed by atoms with Gasteiger partial charge in [-0.05, 0) is 31.7 Å². The van der Waals surface area contributed by atoms with Crippen LogP contribution in [0.1, 0.15) is 17.5 Å². The van der Waals surface area contributed by atoms with Crippen molar-refractivity contribution in [2.24, 2.45) is 0 Å². The maximum atomic E-state index is 12.5. The van der Waals surface area contributed by atoms with E-state index in [0.29, 0.717) is 24.9 Å². The number of hydrogen-bond acceptors (Lipinski definition) is 7. The van der Waals surface area contributed by atoms with Crippen LogP contribution in [0.2, 0.25) is 0 Å².